The van der Waals surface area contributed by atoms with E-state index in [1.165, 1.54) is 12.3 Å². The van der Waals surface area contributed by atoms with Gasteiger partial charge in [0.15, 0.2) is 0 Å². The maximum absolute atomic E-state index is 12.1. The number of aromatic carboxylic acids is 1. The van der Waals surface area contributed by atoms with E-state index in [2.05, 4.69) is 20.6 Å². The molecule has 0 radical (unpaired) electrons. The van der Waals surface area contributed by atoms with E-state index in [9.17, 15) is 9.59 Å². The fraction of sp³-hybridized carbons (Fsp3) is 0.250. The van der Waals surface area contributed by atoms with Gasteiger partial charge in [0.2, 0.25) is 0 Å². The normalized spacial score (nSPS) is 10.7. The van der Waals surface area contributed by atoms with Crippen LogP contribution >= 0.6 is 0 Å². The molecule has 0 spiro atoms. The third-order valence-corrected chi connectivity index (χ3v) is 4.25. The summed E-state index contributed by atoms with van der Waals surface area (Å²) in [4.78, 5) is 26.8. The average molecular weight is 395 g/mol. The minimum atomic E-state index is -1.08. The van der Waals surface area contributed by atoms with E-state index in [1.807, 2.05) is 12.1 Å². The lowest BCUT2D eigenvalue weighted by molar-refractivity contribution is 0.0690. The van der Waals surface area contributed by atoms with Gasteiger partial charge in [0.1, 0.15) is 11.4 Å². The third kappa shape index (κ3) is 5.45. The smallest absolute Gasteiger partial charge is 0.354 e. The molecule has 3 N–H and O–H groups in total. The number of hydrogen-bond donors (Lipinski definition) is 3. The quantitative estimate of drug-likeness (QED) is 0.469. The number of carboxylic acids is 1. The van der Waals surface area contributed by atoms with Gasteiger partial charge in [-0.3, -0.25) is 4.79 Å². The summed E-state index contributed by atoms with van der Waals surface area (Å²) in [5.74, 6) is -1.22. The van der Waals surface area contributed by atoms with Gasteiger partial charge in [-0.15, -0.1) is 5.10 Å². The van der Waals surface area contributed by atoms with E-state index in [0.717, 1.165) is 12.0 Å². The van der Waals surface area contributed by atoms with Gasteiger partial charge in [0.25, 0.3) is 5.91 Å². The molecule has 0 bridgehead atoms. The molecule has 9 heteroatoms. The number of hydrogen-bond acceptors (Lipinski definition) is 6. The number of benzene rings is 1. The van der Waals surface area contributed by atoms with Crippen molar-refractivity contribution >= 4 is 11.9 Å². The molecule has 29 heavy (non-hydrogen) atoms. The number of nitrogens with one attached hydrogen (secondary N) is 1. The number of carbonyl (C=O) groups excluding carboxylic acids is 1. The van der Waals surface area contributed by atoms with Gasteiger partial charge >= 0.3 is 5.97 Å². The zero-order valence-corrected chi connectivity index (χ0v) is 15.7. The molecule has 0 unspecified atom stereocenters. The monoisotopic (exact) mass is 395 g/mol. The summed E-state index contributed by atoms with van der Waals surface area (Å²) in [5, 5.41) is 28.6. The van der Waals surface area contributed by atoms with E-state index in [4.69, 9.17) is 10.2 Å². The summed E-state index contributed by atoms with van der Waals surface area (Å²) in [6, 6.07) is 10.3. The zero-order valence-electron chi connectivity index (χ0n) is 15.7. The van der Waals surface area contributed by atoms with Crippen LogP contribution in [0.25, 0.3) is 11.3 Å². The molecule has 1 amide bonds. The van der Waals surface area contributed by atoms with Gasteiger partial charge in [0.05, 0.1) is 12.7 Å². The van der Waals surface area contributed by atoms with E-state index < -0.39 is 5.97 Å². The Morgan fingerprint density at radius 1 is 1.07 bits per heavy atom. The summed E-state index contributed by atoms with van der Waals surface area (Å²) < 4.78 is 1.66. The number of pyridine rings is 1. The van der Waals surface area contributed by atoms with Crippen molar-refractivity contribution in [2.45, 2.75) is 19.4 Å². The predicted molar refractivity (Wildman–Crippen MR) is 104 cm³/mol. The van der Waals surface area contributed by atoms with Gasteiger partial charge in [-0.2, -0.15) is 0 Å². The summed E-state index contributed by atoms with van der Waals surface area (Å²) in [6.45, 7) is 1.13. The summed E-state index contributed by atoms with van der Waals surface area (Å²) in [6.07, 6.45) is 4.60. The molecule has 2 aromatic heterocycles. The van der Waals surface area contributed by atoms with Crippen LogP contribution < -0.4 is 5.32 Å². The molecule has 0 atom stereocenters. The van der Waals surface area contributed by atoms with Crippen molar-refractivity contribution in [2.75, 3.05) is 13.2 Å². The molecule has 9 nitrogen and oxygen atoms in total. The van der Waals surface area contributed by atoms with E-state index in [-0.39, 0.29) is 18.2 Å². The highest BCUT2D eigenvalue weighted by molar-refractivity contribution is 5.94. The van der Waals surface area contributed by atoms with Gasteiger partial charge in [-0.1, -0.05) is 17.3 Å². The number of aliphatic hydroxyl groups excluding tert-OH is 1. The molecule has 0 fully saturated rings. The van der Waals surface area contributed by atoms with Crippen LogP contribution in [0, 0.1) is 0 Å². The molecule has 0 saturated heterocycles. The van der Waals surface area contributed by atoms with Crippen LogP contribution in [0.15, 0.2) is 48.8 Å². The maximum atomic E-state index is 12.1. The first-order chi connectivity index (χ1) is 14.1. The lowest BCUT2D eigenvalue weighted by Gasteiger charge is -2.06. The minimum Gasteiger partial charge on any atom is -0.477 e. The number of unbranched alkanes of at least 4 members (excludes halogenated alkanes) is 1. The molecule has 0 aliphatic heterocycles. The van der Waals surface area contributed by atoms with Crippen molar-refractivity contribution in [3.8, 4) is 11.3 Å². The van der Waals surface area contributed by atoms with Gasteiger partial charge in [0, 0.05) is 30.5 Å². The molecule has 0 aliphatic carbocycles. The molecule has 0 saturated carbocycles. The largest absolute Gasteiger partial charge is 0.477 e. The van der Waals surface area contributed by atoms with Crippen molar-refractivity contribution in [1.29, 1.82) is 0 Å². The Morgan fingerprint density at radius 2 is 1.86 bits per heavy atom. The SMILES string of the molecule is O=C(NCCCCO)c1ccc(Cn2cc(-c3ccc(C(=O)O)nc3)nn2)cc1. The Bertz CT molecular complexity index is 967. The molecule has 3 aromatic rings. The second-order valence-electron chi connectivity index (χ2n) is 6.42. The number of carbonyl (C=O) groups is 2. The highest BCUT2D eigenvalue weighted by atomic mass is 16.4. The van der Waals surface area contributed by atoms with Gasteiger partial charge < -0.3 is 15.5 Å². The topological polar surface area (TPSA) is 130 Å². The minimum absolute atomic E-state index is 0.0290. The van der Waals surface area contributed by atoms with Crippen molar-refractivity contribution in [1.82, 2.24) is 25.3 Å². The summed E-state index contributed by atoms with van der Waals surface area (Å²) in [7, 11) is 0. The summed E-state index contributed by atoms with van der Waals surface area (Å²) in [5.41, 5.74) is 2.76. The van der Waals surface area contributed by atoms with Crippen molar-refractivity contribution in [2.24, 2.45) is 0 Å². The van der Waals surface area contributed by atoms with Crippen LogP contribution in [0.2, 0.25) is 0 Å². The Kier molecular flexibility index (Phi) is 6.64. The molecule has 1 aromatic carbocycles. The van der Waals surface area contributed by atoms with E-state index in [1.54, 1.807) is 29.1 Å². The van der Waals surface area contributed by atoms with Crippen LogP contribution in [0.4, 0.5) is 0 Å². The second kappa shape index (κ2) is 9.56. The average Bonchev–Trinajstić information content (AvgIpc) is 3.20. The molecule has 2 heterocycles. The van der Waals surface area contributed by atoms with E-state index >= 15 is 0 Å². The van der Waals surface area contributed by atoms with E-state index in [0.29, 0.717) is 36.3 Å². The first-order valence-corrected chi connectivity index (χ1v) is 9.14. The Morgan fingerprint density at radius 3 is 2.52 bits per heavy atom. The third-order valence-electron chi connectivity index (χ3n) is 4.25. The van der Waals surface area contributed by atoms with Crippen molar-refractivity contribution in [3.63, 3.8) is 0 Å². The fourth-order valence-electron chi connectivity index (χ4n) is 2.67. The second-order valence-corrected chi connectivity index (χ2v) is 6.42. The molecule has 0 aliphatic rings. The Labute approximate surface area is 167 Å². The number of aromatic nitrogens is 4. The first kappa shape index (κ1) is 20.2. The number of rotatable bonds is 9. The molecule has 3 rings (SSSR count). The Balaban J connectivity index is 1.59. The van der Waals surface area contributed by atoms with Crippen LogP contribution in [0.3, 0.4) is 0 Å². The van der Waals surface area contributed by atoms with Gasteiger partial charge in [-0.25, -0.2) is 14.5 Å². The number of aliphatic hydroxyl groups is 1. The zero-order chi connectivity index (χ0) is 20.6. The number of carboxylic acid groups (broad SMARTS) is 1. The molecular weight excluding hydrogens is 374 g/mol. The van der Waals surface area contributed by atoms with Crippen molar-refractivity contribution in [3.05, 3.63) is 65.6 Å². The highest BCUT2D eigenvalue weighted by Crippen LogP contribution is 2.16. The summed E-state index contributed by atoms with van der Waals surface area (Å²) >= 11 is 0. The van der Waals surface area contributed by atoms with Crippen LogP contribution in [0.5, 0.6) is 0 Å². The van der Waals surface area contributed by atoms with Crippen LogP contribution in [-0.2, 0) is 6.54 Å². The fourth-order valence-corrected chi connectivity index (χ4v) is 2.67. The lowest BCUT2D eigenvalue weighted by atomic mass is 10.1. The molecule has 150 valence electrons. The van der Waals surface area contributed by atoms with Crippen LogP contribution in [-0.4, -0.2) is 55.2 Å². The number of nitrogens with zero attached hydrogens (tertiary/aromatic N) is 4. The van der Waals surface area contributed by atoms with Crippen molar-refractivity contribution < 1.29 is 19.8 Å². The predicted octanol–water partition coefficient (Wildman–Crippen LogP) is 1.59. The Hall–Kier alpha value is -3.59. The number of amides is 1. The maximum Gasteiger partial charge on any atom is 0.354 e. The highest BCUT2D eigenvalue weighted by Gasteiger charge is 2.09. The first-order valence-electron chi connectivity index (χ1n) is 9.14. The molecular formula is C20H21N5O4. The standard InChI is InChI=1S/C20H21N5O4/c26-10-2-1-9-21-19(27)15-5-3-14(4-6-15)12-25-13-18(23-24-25)16-7-8-17(20(28)29)22-11-16/h3-8,11,13,26H,1-2,9-10,12H2,(H,21,27)(H,28,29). The lowest BCUT2D eigenvalue weighted by Crippen LogP contribution is -2.24. The van der Waals surface area contributed by atoms with Gasteiger partial charge in [-0.05, 0) is 42.7 Å². The van der Waals surface area contributed by atoms with Crippen LogP contribution in [0.1, 0.15) is 39.3 Å².